The van der Waals surface area contributed by atoms with E-state index in [0.29, 0.717) is 6.42 Å². The summed E-state index contributed by atoms with van der Waals surface area (Å²) >= 11 is 0. The lowest BCUT2D eigenvalue weighted by Gasteiger charge is -2.16. The maximum absolute atomic E-state index is 12.0. The number of esters is 1. The van der Waals surface area contributed by atoms with Gasteiger partial charge >= 0.3 is 5.97 Å². The Hall–Kier alpha value is -0.530. The summed E-state index contributed by atoms with van der Waals surface area (Å²) in [4.78, 5) is 12.0. The Labute approximate surface area is 184 Å². The van der Waals surface area contributed by atoms with Gasteiger partial charge in [0.2, 0.25) is 0 Å². The summed E-state index contributed by atoms with van der Waals surface area (Å²) in [5.41, 5.74) is 0. The van der Waals surface area contributed by atoms with E-state index in [9.17, 15) is 4.79 Å². The van der Waals surface area contributed by atoms with E-state index < -0.39 is 0 Å². The van der Waals surface area contributed by atoms with Crippen LogP contribution in [0.3, 0.4) is 0 Å². The number of carbonyl (C=O) groups excluding carboxylic acids is 1. The van der Waals surface area contributed by atoms with Gasteiger partial charge in [0, 0.05) is 6.42 Å². The number of hydrogen-bond acceptors (Lipinski definition) is 2. The maximum Gasteiger partial charge on any atom is 0.306 e. The molecule has 1 atom stereocenters. The Balaban J connectivity index is 3.33. The zero-order valence-electron chi connectivity index (χ0n) is 20.5. The molecular weight excluding hydrogens is 356 g/mol. The fourth-order valence-corrected chi connectivity index (χ4v) is 4.03. The van der Waals surface area contributed by atoms with Crippen LogP contribution in [0, 0.1) is 0 Å². The fraction of sp³-hybridized carbons (Fsp3) is 0.963. The van der Waals surface area contributed by atoms with E-state index in [4.69, 9.17) is 4.74 Å². The average molecular weight is 411 g/mol. The van der Waals surface area contributed by atoms with E-state index in [2.05, 4.69) is 20.8 Å². The molecule has 0 aromatic carbocycles. The number of hydrogen-bond donors (Lipinski definition) is 0. The van der Waals surface area contributed by atoms with Crippen molar-refractivity contribution in [3.63, 3.8) is 0 Å². The van der Waals surface area contributed by atoms with E-state index in [1.54, 1.807) is 0 Å². The average Bonchev–Trinajstić information content (AvgIpc) is 2.73. The molecule has 0 radical (unpaired) electrons. The lowest BCUT2D eigenvalue weighted by atomic mass is 10.0. The first kappa shape index (κ1) is 28.5. The van der Waals surface area contributed by atoms with Gasteiger partial charge in [0.1, 0.15) is 6.10 Å². The highest BCUT2D eigenvalue weighted by molar-refractivity contribution is 5.69. The van der Waals surface area contributed by atoms with Crippen molar-refractivity contribution < 1.29 is 9.53 Å². The van der Waals surface area contributed by atoms with E-state index >= 15 is 0 Å². The quantitative estimate of drug-likeness (QED) is 0.124. The second-order valence-electron chi connectivity index (χ2n) is 9.07. The Morgan fingerprint density at radius 2 is 0.931 bits per heavy atom. The van der Waals surface area contributed by atoms with Gasteiger partial charge in [-0.25, -0.2) is 0 Å². The van der Waals surface area contributed by atoms with Crippen molar-refractivity contribution in [2.45, 2.75) is 168 Å². The van der Waals surface area contributed by atoms with Crippen LogP contribution in [0.5, 0.6) is 0 Å². The summed E-state index contributed by atoms with van der Waals surface area (Å²) in [6.45, 7) is 6.65. The normalized spacial score (nSPS) is 12.2. The first-order valence-corrected chi connectivity index (χ1v) is 13.4. The van der Waals surface area contributed by atoms with Gasteiger partial charge in [0.15, 0.2) is 0 Å². The van der Waals surface area contributed by atoms with Crippen LogP contribution >= 0.6 is 0 Å². The molecule has 174 valence electrons. The minimum atomic E-state index is 0.0297. The molecule has 0 aliphatic carbocycles. The molecular formula is C27H54O2. The van der Waals surface area contributed by atoms with Gasteiger partial charge in [-0.05, 0) is 25.7 Å². The van der Waals surface area contributed by atoms with Gasteiger partial charge in [0.25, 0.3) is 0 Å². The molecule has 0 N–H and O–H groups in total. The first-order valence-electron chi connectivity index (χ1n) is 13.4. The molecule has 0 aromatic heterocycles. The fourth-order valence-electron chi connectivity index (χ4n) is 4.03. The Kier molecular flexibility index (Phi) is 23.3. The predicted molar refractivity (Wildman–Crippen MR) is 128 cm³/mol. The lowest BCUT2D eigenvalue weighted by molar-refractivity contribution is -0.149. The molecule has 2 nitrogen and oxygen atoms in total. The van der Waals surface area contributed by atoms with Crippen molar-refractivity contribution in [1.29, 1.82) is 0 Å². The Morgan fingerprint density at radius 3 is 1.34 bits per heavy atom. The SMILES string of the molecule is CCCCCCCCCCCCCCCCCC(=O)O[C@H](CC)CCCCCC. The minimum Gasteiger partial charge on any atom is -0.462 e. The molecule has 0 aliphatic rings. The van der Waals surface area contributed by atoms with E-state index in [1.165, 1.54) is 116 Å². The summed E-state index contributed by atoms with van der Waals surface area (Å²) < 4.78 is 5.66. The lowest BCUT2D eigenvalue weighted by Crippen LogP contribution is -2.17. The molecule has 29 heavy (non-hydrogen) atoms. The van der Waals surface area contributed by atoms with Crippen molar-refractivity contribution in [2.75, 3.05) is 0 Å². The molecule has 0 bridgehead atoms. The second-order valence-corrected chi connectivity index (χ2v) is 9.07. The Morgan fingerprint density at radius 1 is 0.552 bits per heavy atom. The van der Waals surface area contributed by atoms with Crippen LogP contribution in [-0.2, 0) is 9.53 Å². The molecule has 0 amide bonds. The third kappa shape index (κ3) is 22.0. The third-order valence-electron chi connectivity index (χ3n) is 6.12. The minimum absolute atomic E-state index is 0.0297. The van der Waals surface area contributed by atoms with Gasteiger partial charge < -0.3 is 4.74 Å². The first-order chi connectivity index (χ1) is 14.2. The number of carbonyl (C=O) groups is 1. The molecule has 0 aromatic rings. The molecule has 2 heteroatoms. The highest BCUT2D eigenvalue weighted by atomic mass is 16.5. The Bertz CT molecular complexity index is 326. The third-order valence-corrected chi connectivity index (χ3v) is 6.12. The zero-order valence-corrected chi connectivity index (χ0v) is 20.5. The van der Waals surface area contributed by atoms with Crippen LogP contribution in [-0.4, -0.2) is 12.1 Å². The standard InChI is InChI=1S/C27H54O2/c1-4-7-9-11-12-13-14-15-16-17-18-19-20-21-23-25-27(28)29-26(6-3)24-22-10-8-5-2/h26H,4-25H2,1-3H3/t26-/m1/s1. The topological polar surface area (TPSA) is 26.3 Å². The summed E-state index contributed by atoms with van der Waals surface area (Å²) in [6.07, 6.45) is 28.2. The van der Waals surface area contributed by atoms with Crippen molar-refractivity contribution in [2.24, 2.45) is 0 Å². The van der Waals surface area contributed by atoms with Gasteiger partial charge in [-0.15, -0.1) is 0 Å². The summed E-state index contributed by atoms with van der Waals surface area (Å²) in [5.74, 6) is 0.0297. The van der Waals surface area contributed by atoms with E-state index in [1.807, 2.05) is 0 Å². The molecule has 0 heterocycles. The van der Waals surface area contributed by atoms with E-state index in [-0.39, 0.29) is 12.1 Å². The van der Waals surface area contributed by atoms with Crippen LogP contribution in [0.15, 0.2) is 0 Å². The summed E-state index contributed by atoms with van der Waals surface area (Å²) in [7, 11) is 0. The van der Waals surface area contributed by atoms with Crippen LogP contribution in [0.2, 0.25) is 0 Å². The van der Waals surface area contributed by atoms with Crippen molar-refractivity contribution in [3.05, 3.63) is 0 Å². The van der Waals surface area contributed by atoms with Gasteiger partial charge in [-0.1, -0.05) is 130 Å². The van der Waals surface area contributed by atoms with Crippen LogP contribution in [0.1, 0.15) is 162 Å². The largest absolute Gasteiger partial charge is 0.462 e. The monoisotopic (exact) mass is 410 g/mol. The molecule has 0 rings (SSSR count). The molecule has 0 aliphatic heterocycles. The maximum atomic E-state index is 12.0. The molecule has 0 spiro atoms. The van der Waals surface area contributed by atoms with Crippen LogP contribution < -0.4 is 0 Å². The van der Waals surface area contributed by atoms with Crippen molar-refractivity contribution >= 4 is 5.97 Å². The number of unbranched alkanes of at least 4 members (excludes halogenated alkanes) is 17. The summed E-state index contributed by atoms with van der Waals surface area (Å²) in [5, 5.41) is 0. The van der Waals surface area contributed by atoms with Crippen molar-refractivity contribution in [1.82, 2.24) is 0 Å². The highest BCUT2D eigenvalue weighted by Crippen LogP contribution is 2.15. The van der Waals surface area contributed by atoms with Gasteiger partial charge in [0.05, 0.1) is 0 Å². The molecule has 0 saturated heterocycles. The highest BCUT2D eigenvalue weighted by Gasteiger charge is 2.11. The summed E-state index contributed by atoms with van der Waals surface area (Å²) in [6, 6.07) is 0. The van der Waals surface area contributed by atoms with E-state index in [0.717, 1.165) is 19.3 Å². The molecule has 0 fully saturated rings. The zero-order chi connectivity index (χ0) is 21.4. The van der Waals surface area contributed by atoms with Gasteiger partial charge in [-0.3, -0.25) is 4.79 Å². The van der Waals surface area contributed by atoms with Crippen molar-refractivity contribution in [3.8, 4) is 0 Å². The number of rotatable bonds is 23. The van der Waals surface area contributed by atoms with Crippen LogP contribution in [0.25, 0.3) is 0 Å². The molecule has 0 saturated carbocycles. The second kappa shape index (κ2) is 23.7. The molecule has 0 unspecified atom stereocenters. The van der Waals surface area contributed by atoms with Gasteiger partial charge in [-0.2, -0.15) is 0 Å². The predicted octanol–water partition coefficient (Wildman–Crippen LogP) is 9.54. The van der Waals surface area contributed by atoms with Crippen LogP contribution in [0.4, 0.5) is 0 Å². The number of ether oxygens (including phenoxy) is 1. The smallest absolute Gasteiger partial charge is 0.306 e.